The van der Waals surface area contributed by atoms with Crippen molar-refractivity contribution in [2.24, 2.45) is 0 Å². The van der Waals surface area contributed by atoms with Gasteiger partial charge in [-0.1, -0.05) is 23.7 Å². The smallest absolute Gasteiger partial charge is 0.338 e. The van der Waals surface area contributed by atoms with Gasteiger partial charge >= 0.3 is 6.18 Å². The Balaban J connectivity index is 1.94. The minimum atomic E-state index is -4.50. The van der Waals surface area contributed by atoms with Crippen LogP contribution in [0, 0.1) is 17.5 Å². The summed E-state index contributed by atoms with van der Waals surface area (Å²) in [7, 11) is 0. The Morgan fingerprint density at radius 1 is 0.852 bits per heavy atom. The summed E-state index contributed by atoms with van der Waals surface area (Å²) in [6, 6.07) is 6.87. The molecule has 0 spiro atoms. The van der Waals surface area contributed by atoms with Crippen LogP contribution in [0.4, 0.5) is 37.8 Å². The molecular formula is C17H8ClF6N3. The molecule has 0 bridgehead atoms. The Morgan fingerprint density at radius 2 is 1.52 bits per heavy atom. The number of hydrogen-bond donors (Lipinski definition) is 1. The summed E-state index contributed by atoms with van der Waals surface area (Å²) in [6.07, 6.45) is -4.50. The van der Waals surface area contributed by atoms with Crippen molar-refractivity contribution in [2.75, 3.05) is 5.32 Å². The lowest BCUT2D eigenvalue weighted by Crippen LogP contribution is -2.04. The largest absolute Gasteiger partial charge is 0.416 e. The first-order valence-electron chi connectivity index (χ1n) is 7.28. The molecular weight excluding hydrogens is 396 g/mol. The summed E-state index contributed by atoms with van der Waals surface area (Å²) in [5.74, 6) is -4.58. The number of benzene rings is 2. The normalized spacial score (nSPS) is 11.5. The van der Waals surface area contributed by atoms with Crippen molar-refractivity contribution < 1.29 is 26.3 Å². The number of aromatic nitrogens is 2. The summed E-state index contributed by atoms with van der Waals surface area (Å²) >= 11 is 5.87. The van der Waals surface area contributed by atoms with Gasteiger partial charge in [0.25, 0.3) is 0 Å². The van der Waals surface area contributed by atoms with Gasteiger partial charge in [-0.2, -0.15) is 13.2 Å². The molecule has 0 amide bonds. The molecule has 1 aromatic heterocycles. The van der Waals surface area contributed by atoms with Crippen LogP contribution < -0.4 is 5.32 Å². The first kappa shape index (κ1) is 19.0. The minimum absolute atomic E-state index is 0.0401. The van der Waals surface area contributed by atoms with Crippen molar-refractivity contribution in [1.82, 2.24) is 9.97 Å². The van der Waals surface area contributed by atoms with Gasteiger partial charge < -0.3 is 5.32 Å². The molecule has 10 heteroatoms. The number of nitrogens with one attached hydrogen (secondary N) is 1. The maximum Gasteiger partial charge on any atom is 0.416 e. The average molecular weight is 404 g/mol. The molecule has 0 saturated heterocycles. The van der Waals surface area contributed by atoms with Crippen molar-refractivity contribution in [1.29, 1.82) is 0 Å². The van der Waals surface area contributed by atoms with Crippen LogP contribution in [0.3, 0.4) is 0 Å². The van der Waals surface area contributed by atoms with E-state index in [1.165, 1.54) is 6.07 Å². The lowest BCUT2D eigenvalue weighted by molar-refractivity contribution is -0.137. The van der Waals surface area contributed by atoms with Gasteiger partial charge in [0.1, 0.15) is 11.0 Å². The predicted molar refractivity (Wildman–Crippen MR) is 87.1 cm³/mol. The minimum Gasteiger partial charge on any atom is -0.338 e. The van der Waals surface area contributed by atoms with Crippen LogP contribution >= 0.6 is 11.6 Å². The van der Waals surface area contributed by atoms with Crippen LogP contribution in [-0.4, -0.2) is 9.97 Å². The van der Waals surface area contributed by atoms with Crippen LogP contribution in [0.1, 0.15) is 5.56 Å². The van der Waals surface area contributed by atoms with Crippen LogP contribution in [0.5, 0.6) is 0 Å². The molecule has 140 valence electrons. The van der Waals surface area contributed by atoms with Crippen LogP contribution in [-0.2, 0) is 6.18 Å². The zero-order valence-corrected chi connectivity index (χ0v) is 13.8. The second-order valence-electron chi connectivity index (χ2n) is 5.32. The highest BCUT2D eigenvalue weighted by Crippen LogP contribution is 2.31. The summed E-state index contributed by atoms with van der Waals surface area (Å²) in [4.78, 5) is 7.91. The Labute approximate surface area is 153 Å². The highest BCUT2D eigenvalue weighted by molar-refractivity contribution is 6.29. The van der Waals surface area contributed by atoms with Gasteiger partial charge in [-0.3, -0.25) is 0 Å². The van der Waals surface area contributed by atoms with E-state index < -0.39 is 34.9 Å². The molecule has 0 saturated carbocycles. The van der Waals surface area contributed by atoms with Crippen LogP contribution in [0.25, 0.3) is 11.4 Å². The van der Waals surface area contributed by atoms with Crippen LogP contribution in [0.15, 0.2) is 42.5 Å². The molecule has 3 aromatic rings. The Bertz CT molecular complexity index is 989. The van der Waals surface area contributed by atoms with Crippen molar-refractivity contribution in [2.45, 2.75) is 6.18 Å². The fraction of sp³-hybridized carbons (Fsp3) is 0.0588. The second kappa shape index (κ2) is 7.07. The van der Waals surface area contributed by atoms with E-state index in [4.69, 9.17) is 11.6 Å². The molecule has 0 unspecified atom stereocenters. The van der Waals surface area contributed by atoms with Crippen molar-refractivity contribution in [3.05, 3.63) is 70.6 Å². The van der Waals surface area contributed by atoms with E-state index in [1.807, 2.05) is 0 Å². The number of alkyl halides is 3. The van der Waals surface area contributed by atoms with Crippen molar-refractivity contribution >= 4 is 23.1 Å². The third kappa shape index (κ3) is 4.13. The highest BCUT2D eigenvalue weighted by Gasteiger charge is 2.30. The summed E-state index contributed by atoms with van der Waals surface area (Å²) in [5.41, 5.74) is -1.03. The SMILES string of the molecule is Fc1ccc(Nc2cc(Cl)nc(-c3ccc(C(F)(F)F)cc3)n2)c(F)c1F. The summed E-state index contributed by atoms with van der Waals surface area (Å²) in [5, 5.41) is 2.34. The third-order valence-electron chi connectivity index (χ3n) is 3.46. The Hall–Kier alpha value is -2.81. The predicted octanol–water partition coefficient (Wildman–Crippen LogP) is 5.98. The number of halogens is 7. The van der Waals surface area contributed by atoms with E-state index in [0.29, 0.717) is 0 Å². The Kier molecular flexibility index (Phi) is 4.97. The molecule has 3 nitrogen and oxygen atoms in total. The summed E-state index contributed by atoms with van der Waals surface area (Å²) < 4.78 is 78.0. The van der Waals surface area contributed by atoms with Crippen LogP contribution in [0.2, 0.25) is 5.15 Å². The molecule has 27 heavy (non-hydrogen) atoms. The van der Waals surface area contributed by atoms with Gasteiger partial charge in [-0.15, -0.1) is 0 Å². The number of anilines is 2. The maximum atomic E-state index is 13.8. The molecule has 0 aliphatic rings. The number of hydrogen-bond acceptors (Lipinski definition) is 3. The molecule has 3 rings (SSSR count). The van der Waals surface area contributed by atoms with E-state index in [2.05, 4.69) is 15.3 Å². The average Bonchev–Trinajstić information content (AvgIpc) is 2.61. The lowest BCUT2D eigenvalue weighted by atomic mass is 10.1. The van der Waals surface area contributed by atoms with Crippen molar-refractivity contribution in [3.63, 3.8) is 0 Å². The number of rotatable bonds is 3. The molecule has 0 aliphatic heterocycles. The van der Waals surface area contributed by atoms with Gasteiger partial charge in [0.05, 0.1) is 11.3 Å². The molecule has 0 radical (unpaired) electrons. The van der Waals surface area contributed by atoms with Gasteiger partial charge in [-0.05, 0) is 24.3 Å². The monoisotopic (exact) mass is 403 g/mol. The second-order valence-corrected chi connectivity index (χ2v) is 5.71. The highest BCUT2D eigenvalue weighted by atomic mass is 35.5. The summed E-state index contributed by atoms with van der Waals surface area (Å²) in [6.45, 7) is 0. The molecule has 0 fully saturated rings. The van der Waals surface area contributed by atoms with E-state index in [0.717, 1.165) is 36.4 Å². The molecule has 0 atom stereocenters. The van der Waals surface area contributed by atoms with Gasteiger partial charge in [0, 0.05) is 11.6 Å². The third-order valence-corrected chi connectivity index (χ3v) is 3.66. The van der Waals surface area contributed by atoms with E-state index in [-0.39, 0.29) is 22.4 Å². The van der Waals surface area contributed by atoms with E-state index in [1.54, 1.807) is 0 Å². The maximum absolute atomic E-state index is 13.8. The topological polar surface area (TPSA) is 37.8 Å². The van der Waals surface area contributed by atoms with Gasteiger partial charge in [0.15, 0.2) is 23.3 Å². The molecule has 0 aliphatic carbocycles. The molecule has 1 heterocycles. The Morgan fingerprint density at radius 3 is 2.15 bits per heavy atom. The van der Waals surface area contributed by atoms with Crippen molar-refractivity contribution in [3.8, 4) is 11.4 Å². The quantitative estimate of drug-likeness (QED) is 0.332. The first-order chi connectivity index (χ1) is 12.6. The zero-order chi connectivity index (χ0) is 19.8. The first-order valence-corrected chi connectivity index (χ1v) is 7.65. The van der Waals surface area contributed by atoms with Gasteiger partial charge in [-0.25, -0.2) is 23.1 Å². The fourth-order valence-corrected chi connectivity index (χ4v) is 2.36. The fourth-order valence-electron chi connectivity index (χ4n) is 2.18. The van der Waals surface area contributed by atoms with Gasteiger partial charge in [0.2, 0.25) is 0 Å². The lowest BCUT2D eigenvalue weighted by Gasteiger charge is -2.10. The molecule has 1 N–H and O–H groups in total. The number of nitrogens with zero attached hydrogens (tertiary/aromatic N) is 2. The zero-order valence-electron chi connectivity index (χ0n) is 13.1. The van der Waals surface area contributed by atoms with E-state index in [9.17, 15) is 26.3 Å². The standard InChI is InChI=1S/C17H8ClF6N3/c18-12-7-13(25-11-6-5-10(19)14(20)15(11)21)27-16(26-12)8-1-3-9(4-2-8)17(22,23)24/h1-7H,(H,25,26,27). The molecule has 2 aromatic carbocycles. The van der Waals surface area contributed by atoms with E-state index >= 15 is 0 Å².